The predicted octanol–water partition coefficient (Wildman–Crippen LogP) is 2.94. The summed E-state index contributed by atoms with van der Waals surface area (Å²) < 4.78 is 0. The van der Waals surface area contributed by atoms with Crippen LogP contribution in [-0.2, 0) is 4.79 Å². The fourth-order valence-electron chi connectivity index (χ4n) is 1.60. The number of carbonyl (C=O) groups excluding carboxylic acids is 1. The maximum Gasteiger partial charge on any atom is 0.129 e. The number of pyridine rings is 1. The third kappa shape index (κ3) is 3.29. The standard InChI is InChI=1S/C12H17NO/c1-3-11(7-6-10(2)14)12-5-4-8-13-9-12/h4-5,8-9,11H,3,6-7H2,1-2H3. The van der Waals surface area contributed by atoms with Gasteiger partial charge in [-0.1, -0.05) is 13.0 Å². The molecule has 14 heavy (non-hydrogen) atoms. The van der Waals surface area contributed by atoms with Crippen LogP contribution in [0.3, 0.4) is 0 Å². The molecule has 0 aliphatic rings. The van der Waals surface area contributed by atoms with Crippen LogP contribution >= 0.6 is 0 Å². The Labute approximate surface area is 85.4 Å². The van der Waals surface area contributed by atoms with Crippen molar-refractivity contribution in [2.45, 2.75) is 39.0 Å². The van der Waals surface area contributed by atoms with Gasteiger partial charge in [-0.15, -0.1) is 0 Å². The molecule has 1 aromatic heterocycles. The van der Waals surface area contributed by atoms with Crippen LogP contribution in [0.15, 0.2) is 24.5 Å². The summed E-state index contributed by atoms with van der Waals surface area (Å²) in [5.41, 5.74) is 1.25. The highest BCUT2D eigenvalue weighted by Crippen LogP contribution is 2.23. The Bertz CT molecular complexity index is 282. The van der Waals surface area contributed by atoms with Crippen LogP contribution in [0.4, 0.5) is 0 Å². The maximum atomic E-state index is 10.9. The predicted molar refractivity (Wildman–Crippen MR) is 57.2 cm³/mol. The van der Waals surface area contributed by atoms with Crippen LogP contribution < -0.4 is 0 Å². The Kier molecular flexibility index (Phi) is 4.30. The van der Waals surface area contributed by atoms with Gasteiger partial charge in [0.2, 0.25) is 0 Å². The molecule has 76 valence electrons. The monoisotopic (exact) mass is 191 g/mol. The van der Waals surface area contributed by atoms with Crippen molar-refractivity contribution in [3.8, 4) is 0 Å². The Morgan fingerprint density at radius 1 is 1.57 bits per heavy atom. The molecule has 1 heterocycles. The van der Waals surface area contributed by atoms with E-state index in [9.17, 15) is 4.79 Å². The molecule has 0 aromatic carbocycles. The van der Waals surface area contributed by atoms with E-state index in [0.717, 1.165) is 12.8 Å². The van der Waals surface area contributed by atoms with Crippen LogP contribution in [0.1, 0.15) is 44.6 Å². The fraction of sp³-hybridized carbons (Fsp3) is 0.500. The van der Waals surface area contributed by atoms with Crippen molar-refractivity contribution < 1.29 is 4.79 Å². The molecule has 0 saturated carbocycles. The number of nitrogens with zero attached hydrogens (tertiary/aromatic N) is 1. The summed E-state index contributed by atoms with van der Waals surface area (Å²) in [4.78, 5) is 15.0. The van der Waals surface area contributed by atoms with Crippen molar-refractivity contribution >= 4 is 5.78 Å². The quantitative estimate of drug-likeness (QED) is 0.716. The van der Waals surface area contributed by atoms with Gasteiger partial charge in [0.1, 0.15) is 5.78 Å². The van der Waals surface area contributed by atoms with Crippen molar-refractivity contribution in [2.24, 2.45) is 0 Å². The summed E-state index contributed by atoms with van der Waals surface area (Å²) in [6.07, 6.45) is 6.36. The smallest absolute Gasteiger partial charge is 0.129 e. The molecule has 0 bridgehead atoms. The second-order valence-corrected chi connectivity index (χ2v) is 3.63. The number of aromatic nitrogens is 1. The summed E-state index contributed by atoms with van der Waals surface area (Å²) in [7, 11) is 0. The van der Waals surface area contributed by atoms with E-state index in [-0.39, 0.29) is 5.78 Å². The minimum absolute atomic E-state index is 0.271. The van der Waals surface area contributed by atoms with E-state index in [2.05, 4.69) is 18.0 Å². The number of rotatable bonds is 5. The van der Waals surface area contributed by atoms with Gasteiger partial charge in [-0.3, -0.25) is 4.98 Å². The minimum atomic E-state index is 0.271. The summed E-state index contributed by atoms with van der Waals surface area (Å²) in [5.74, 6) is 0.750. The van der Waals surface area contributed by atoms with Crippen molar-refractivity contribution in [2.75, 3.05) is 0 Å². The van der Waals surface area contributed by atoms with E-state index < -0.39 is 0 Å². The molecule has 1 rings (SSSR count). The van der Waals surface area contributed by atoms with Crippen molar-refractivity contribution in [1.29, 1.82) is 0 Å². The van der Waals surface area contributed by atoms with Crippen molar-refractivity contribution in [3.05, 3.63) is 30.1 Å². The molecule has 0 spiro atoms. The van der Waals surface area contributed by atoms with E-state index in [1.54, 1.807) is 13.1 Å². The summed E-state index contributed by atoms with van der Waals surface area (Å²) in [5, 5.41) is 0. The third-order valence-corrected chi connectivity index (χ3v) is 2.49. The highest BCUT2D eigenvalue weighted by Gasteiger charge is 2.09. The first-order valence-electron chi connectivity index (χ1n) is 5.13. The van der Waals surface area contributed by atoms with Gasteiger partial charge in [0, 0.05) is 18.8 Å². The average Bonchev–Trinajstić information content (AvgIpc) is 2.20. The first kappa shape index (κ1) is 10.9. The normalized spacial score (nSPS) is 12.4. The minimum Gasteiger partial charge on any atom is -0.300 e. The Balaban J connectivity index is 2.58. The molecule has 0 fully saturated rings. The number of carbonyl (C=O) groups is 1. The topological polar surface area (TPSA) is 30.0 Å². The van der Waals surface area contributed by atoms with Crippen LogP contribution in [0.5, 0.6) is 0 Å². The summed E-state index contributed by atoms with van der Waals surface area (Å²) >= 11 is 0. The Hall–Kier alpha value is -1.18. The number of ketones is 1. The van der Waals surface area contributed by atoms with Crippen molar-refractivity contribution in [3.63, 3.8) is 0 Å². The van der Waals surface area contributed by atoms with E-state index in [1.165, 1.54) is 5.56 Å². The van der Waals surface area contributed by atoms with E-state index in [4.69, 9.17) is 0 Å². The van der Waals surface area contributed by atoms with Crippen LogP contribution in [0, 0.1) is 0 Å². The molecule has 0 amide bonds. The lowest BCUT2D eigenvalue weighted by Crippen LogP contribution is -2.01. The van der Waals surface area contributed by atoms with E-state index in [0.29, 0.717) is 12.3 Å². The van der Waals surface area contributed by atoms with Gasteiger partial charge < -0.3 is 4.79 Å². The molecule has 0 aliphatic heterocycles. The van der Waals surface area contributed by atoms with Gasteiger partial charge >= 0.3 is 0 Å². The van der Waals surface area contributed by atoms with Crippen LogP contribution in [0.25, 0.3) is 0 Å². The lowest BCUT2D eigenvalue weighted by molar-refractivity contribution is -0.117. The van der Waals surface area contributed by atoms with Gasteiger partial charge in [0.15, 0.2) is 0 Å². The molecular weight excluding hydrogens is 174 g/mol. The molecule has 1 unspecified atom stereocenters. The molecule has 1 atom stereocenters. The largest absolute Gasteiger partial charge is 0.300 e. The van der Waals surface area contributed by atoms with Gasteiger partial charge in [0.25, 0.3) is 0 Å². The van der Waals surface area contributed by atoms with Gasteiger partial charge in [-0.25, -0.2) is 0 Å². The number of hydrogen-bond donors (Lipinski definition) is 0. The second-order valence-electron chi connectivity index (χ2n) is 3.63. The molecule has 2 heteroatoms. The number of hydrogen-bond acceptors (Lipinski definition) is 2. The fourth-order valence-corrected chi connectivity index (χ4v) is 1.60. The zero-order valence-corrected chi connectivity index (χ0v) is 8.86. The molecule has 0 saturated heterocycles. The summed E-state index contributed by atoms with van der Waals surface area (Å²) in [6.45, 7) is 3.80. The third-order valence-electron chi connectivity index (χ3n) is 2.49. The summed E-state index contributed by atoms with van der Waals surface area (Å²) in [6, 6.07) is 4.03. The highest BCUT2D eigenvalue weighted by atomic mass is 16.1. The second kappa shape index (κ2) is 5.53. The van der Waals surface area contributed by atoms with E-state index >= 15 is 0 Å². The zero-order valence-electron chi connectivity index (χ0n) is 8.86. The Morgan fingerprint density at radius 3 is 2.86 bits per heavy atom. The average molecular weight is 191 g/mol. The molecule has 0 N–H and O–H groups in total. The van der Waals surface area contributed by atoms with Crippen molar-refractivity contribution in [1.82, 2.24) is 4.98 Å². The molecule has 1 aromatic rings. The number of Topliss-reactive ketones (excluding diaryl/α,β-unsaturated/α-hetero) is 1. The molecule has 0 aliphatic carbocycles. The lowest BCUT2D eigenvalue weighted by atomic mass is 9.92. The zero-order chi connectivity index (χ0) is 10.4. The Morgan fingerprint density at radius 2 is 2.36 bits per heavy atom. The van der Waals surface area contributed by atoms with E-state index in [1.807, 2.05) is 12.3 Å². The first-order valence-corrected chi connectivity index (χ1v) is 5.13. The highest BCUT2D eigenvalue weighted by molar-refractivity contribution is 5.75. The molecule has 0 radical (unpaired) electrons. The van der Waals surface area contributed by atoms with Gasteiger partial charge in [-0.05, 0) is 37.3 Å². The molecular formula is C12H17NO. The van der Waals surface area contributed by atoms with Gasteiger partial charge in [0.05, 0.1) is 0 Å². The van der Waals surface area contributed by atoms with Crippen LogP contribution in [-0.4, -0.2) is 10.8 Å². The maximum absolute atomic E-state index is 10.9. The first-order chi connectivity index (χ1) is 6.74. The molecule has 2 nitrogen and oxygen atoms in total. The van der Waals surface area contributed by atoms with Gasteiger partial charge in [-0.2, -0.15) is 0 Å². The lowest BCUT2D eigenvalue weighted by Gasteiger charge is -2.13. The van der Waals surface area contributed by atoms with Crippen LogP contribution in [0.2, 0.25) is 0 Å². The SMILES string of the molecule is CCC(CCC(C)=O)c1cccnc1.